The fourth-order valence-electron chi connectivity index (χ4n) is 0.963. The van der Waals surface area contributed by atoms with Gasteiger partial charge in [-0.3, -0.25) is 4.79 Å². The molecule has 0 bridgehead atoms. The van der Waals surface area contributed by atoms with Crippen LogP contribution in [0.4, 0.5) is 0 Å². The van der Waals surface area contributed by atoms with Crippen molar-refractivity contribution < 1.29 is 13.2 Å². The first-order chi connectivity index (χ1) is 6.40. The van der Waals surface area contributed by atoms with E-state index in [1.54, 1.807) is 0 Å². The van der Waals surface area contributed by atoms with E-state index in [0.717, 1.165) is 6.26 Å². The average molecular weight is 222 g/mol. The summed E-state index contributed by atoms with van der Waals surface area (Å²) in [5.74, 6) is -0.409. The molecule has 1 atom stereocenters. The Bertz CT molecular complexity index is 270. The van der Waals surface area contributed by atoms with Crippen LogP contribution >= 0.6 is 0 Å². The van der Waals surface area contributed by atoms with E-state index in [-0.39, 0.29) is 24.1 Å². The van der Waals surface area contributed by atoms with Gasteiger partial charge >= 0.3 is 0 Å². The molecule has 14 heavy (non-hydrogen) atoms. The van der Waals surface area contributed by atoms with Gasteiger partial charge in [0.25, 0.3) is 0 Å². The van der Waals surface area contributed by atoms with E-state index in [2.05, 4.69) is 5.32 Å². The number of hydrogen-bond acceptors (Lipinski definition) is 4. The fraction of sp³-hybridized carbons (Fsp3) is 0.875. The van der Waals surface area contributed by atoms with Crippen molar-refractivity contribution in [2.24, 2.45) is 11.7 Å². The molecule has 0 spiro atoms. The summed E-state index contributed by atoms with van der Waals surface area (Å²) in [4.78, 5) is 11.3. The maximum atomic E-state index is 11.3. The summed E-state index contributed by atoms with van der Waals surface area (Å²) < 4.78 is 21.5. The minimum Gasteiger partial charge on any atom is -0.355 e. The Morgan fingerprint density at radius 2 is 2.07 bits per heavy atom. The van der Waals surface area contributed by atoms with E-state index in [1.165, 1.54) is 0 Å². The molecule has 0 aliphatic carbocycles. The summed E-state index contributed by atoms with van der Waals surface area (Å²) in [5, 5.41) is 2.54. The fourth-order valence-corrected chi connectivity index (χ4v) is 1.44. The van der Waals surface area contributed by atoms with Gasteiger partial charge in [-0.1, -0.05) is 6.92 Å². The quantitative estimate of drug-likeness (QED) is 0.611. The van der Waals surface area contributed by atoms with E-state index < -0.39 is 9.84 Å². The molecule has 0 rings (SSSR count). The Labute approximate surface area is 85.0 Å². The molecule has 0 aliphatic heterocycles. The number of carbonyl (C=O) groups excluding carboxylic acids is 1. The molecule has 0 aromatic heterocycles. The van der Waals surface area contributed by atoms with Crippen LogP contribution in [0.5, 0.6) is 0 Å². The zero-order valence-corrected chi connectivity index (χ0v) is 9.43. The van der Waals surface area contributed by atoms with E-state index in [9.17, 15) is 13.2 Å². The first-order valence-corrected chi connectivity index (χ1v) is 6.62. The number of amides is 1. The molecule has 3 N–H and O–H groups in total. The maximum Gasteiger partial charge on any atom is 0.224 e. The average Bonchev–Trinajstić information content (AvgIpc) is 2.04. The standard InChI is InChI=1S/C8H18N2O3S/c1-3-7(6-9)8(11)10-4-5-14(2,12)13/h7H,3-6,9H2,1-2H3,(H,10,11). The smallest absolute Gasteiger partial charge is 0.224 e. The molecule has 1 amide bonds. The van der Waals surface area contributed by atoms with E-state index >= 15 is 0 Å². The van der Waals surface area contributed by atoms with Gasteiger partial charge in [0.2, 0.25) is 5.91 Å². The van der Waals surface area contributed by atoms with Crippen LogP contribution in [0, 0.1) is 5.92 Å². The molecule has 6 heteroatoms. The molecule has 0 radical (unpaired) electrons. The first kappa shape index (κ1) is 13.4. The van der Waals surface area contributed by atoms with Gasteiger partial charge < -0.3 is 11.1 Å². The second-order valence-corrected chi connectivity index (χ2v) is 5.52. The van der Waals surface area contributed by atoms with Crippen molar-refractivity contribution in [3.05, 3.63) is 0 Å². The minimum atomic E-state index is -3.00. The Morgan fingerprint density at radius 3 is 2.43 bits per heavy atom. The summed E-state index contributed by atoms with van der Waals surface area (Å²) >= 11 is 0. The highest BCUT2D eigenvalue weighted by atomic mass is 32.2. The second kappa shape index (κ2) is 5.98. The zero-order valence-electron chi connectivity index (χ0n) is 8.62. The third-order valence-electron chi connectivity index (χ3n) is 1.92. The molecular formula is C8H18N2O3S. The van der Waals surface area contributed by atoms with Gasteiger partial charge in [0, 0.05) is 25.3 Å². The van der Waals surface area contributed by atoms with Crippen molar-refractivity contribution >= 4 is 15.7 Å². The predicted molar refractivity (Wildman–Crippen MR) is 55.6 cm³/mol. The van der Waals surface area contributed by atoms with Gasteiger partial charge in [0.05, 0.1) is 5.75 Å². The topological polar surface area (TPSA) is 89.3 Å². The minimum absolute atomic E-state index is 0.0280. The number of carbonyl (C=O) groups is 1. The van der Waals surface area contributed by atoms with Crippen molar-refractivity contribution in [1.29, 1.82) is 0 Å². The van der Waals surface area contributed by atoms with Crippen molar-refractivity contribution in [1.82, 2.24) is 5.32 Å². The van der Waals surface area contributed by atoms with Gasteiger partial charge in [0.1, 0.15) is 9.84 Å². The van der Waals surface area contributed by atoms with Crippen molar-refractivity contribution in [2.45, 2.75) is 13.3 Å². The molecule has 0 aliphatic rings. The maximum absolute atomic E-state index is 11.3. The van der Waals surface area contributed by atoms with E-state index in [4.69, 9.17) is 5.73 Å². The lowest BCUT2D eigenvalue weighted by Crippen LogP contribution is -2.37. The van der Waals surface area contributed by atoms with Gasteiger partial charge in [0.15, 0.2) is 0 Å². The van der Waals surface area contributed by atoms with Gasteiger partial charge in [-0.15, -0.1) is 0 Å². The lowest BCUT2D eigenvalue weighted by molar-refractivity contribution is -0.124. The molecule has 84 valence electrons. The van der Waals surface area contributed by atoms with Crippen LogP contribution in [-0.4, -0.2) is 39.4 Å². The van der Waals surface area contributed by atoms with Gasteiger partial charge in [-0.05, 0) is 6.42 Å². The lowest BCUT2D eigenvalue weighted by Gasteiger charge is -2.11. The molecule has 1 unspecified atom stereocenters. The van der Waals surface area contributed by atoms with E-state index in [0.29, 0.717) is 13.0 Å². The SMILES string of the molecule is CCC(CN)C(=O)NCCS(C)(=O)=O. The molecule has 0 saturated heterocycles. The number of nitrogens with one attached hydrogen (secondary N) is 1. The molecule has 0 saturated carbocycles. The summed E-state index contributed by atoms with van der Waals surface area (Å²) in [5.41, 5.74) is 5.36. The largest absolute Gasteiger partial charge is 0.355 e. The molecular weight excluding hydrogens is 204 g/mol. The Morgan fingerprint density at radius 1 is 1.50 bits per heavy atom. The van der Waals surface area contributed by atoms with Crippen LogP contribution in [0.3, 0.4) is 0 Å². The normalized spacial score (nSPS) is 13.6. The number of hydrogen-bond donors (Lipinski definition) is 2. The summed E-state index contributed by atoms with van der Waals surface area (Å²) in [6.45, 7) is 2.32. The van der Waals surface area contributed by atoms with Gasteiger partial charge in [-0.25, -0.2) is 8.42 Å². The van der Waals surface area contributed by atoms with Crippen LogP contribution in [-0.2, 0) is 14.6 Å². The molecule has 5 nitrogen and oxygen atoms in total. The predicted octanol–water partition coefficient (Wildman–Crippen LogP) is -0.868. The molecule has 0 fully saturated rings. The molecule has 0 heterocycles. The van der Waals surface area contributed by atoms with Crippen LogP contribution in [0.1, 0.15) is 13.3 Å². The van der Waals surface area contributed by atoms with Crippen molar-refractivity contribution in [3.8, 4) is 0 Å². The number of rotatable bonds is 6. The summed E-state index contributed by atoms with van der Waals surface area (Å²) in [6.07, 6.45) is 1.81. The van der Waals surface area contributed by atoms with E-state index in [1.807, 2.05) is 6.92 Å². The highest BCUT2D eigenvalue weighted by Crippen LogP contribution is 1.98. The summed E-state index contributed by atoms with van der Waals surface area (Å²) in [6, 6.07) is 0. The lowest BCUT2D eigenvalue weighted by atomic mass is 10.1. The van der Waals surface area contributed by atoms with Crippen LogP contribution in [0.25, 0.3) is 0 Å². The molecule has 0 aromatic carbocycles. The van der Waals surface area contributed by atoms with Crippen LogP contribution < -0.4 is 11.1 Å². The van der Waals surface area contributed by atoms with Crippen LogP contribution in [0.15, 0.2) is 0 Å². The Kier molecular flexibility index (Phi) is 5.71. The Hall–Kier alpha value is -0.620. The van der Waals surface area contributed by atoms with Crippen LogP contribution in [0.2, 0.25) is 0 Å². The van der Waals surface area contributed by atoms with Crippen molar-refractivity contribution in [2.75, 3.05) is 25.1 Å². The second-order valence-electron chi connectivity index (χ2n) is 3.26. The van der Waals surface area contributed by atoms with Crippen molar-refractivity contribution in [3.63, 3.8) is 0 Å². The molecule has 0 aromatic rings. The zero-order chi connectivity index (χ0) is 11.2. The number of nitrogens with two attached hydrogens (primary N) is 1. The third kappa shape index (κ3) is 5.93. The third-order valence-corrected chi connectivity index (χ3v) is 2.87. The Balaban J connectivity index is 3.85. The monoisotopic (exact) mass is 222 g/mol. The highest BCUT2D eigenvalue weighted by molar-refractivity contribution is 7.90. The number of sulfone groups is 1. The highest BCUT2D eigenvalue weighted by Gasteiger charge is 2.14. The first-order valence-electron chi connectivity index (χ1n) is 4.56. The van der Waals surface area contributed by atoms with Gasteiger partial charge in [-0.2, -0.15) is 0 Å². The summed E-state index contributed by atoms with van der Waals surface area (Å²) in [7, 11) is -3.00.